The first-order valence-corrected chi connectivity index (χ1v) is 8.45. The van der Waals surface area contributed by atoms with Crippen LogP contribution >= 0.6 is 23.2 Å². The fourth-order valence-corrected chi connectivity index (χ4v) is 2.88. The first-order valence-electron chi connectivity index (χ1n) is 7.69. The molecular formula is C18H15Cl2N3O3. The number of ether oxygens (including phenoxy) is 1. The smallest absolute Gasteiger partial charge is 0.257 e. The molecule has 0 bridgehead atoms. The normalized spacial score (nSPS) is 10.6. The van der Waals surface area contributed by atoms with Gasteiger partial charge in [-0.25, -0.2) is 0 Å². The highest BCUT2D eigenvalue weighted by Gasteiger charge is 2.20. The summed E-state index contributed by atoms with van der Waals surface area (Å²) < 4.78 is 10.8. The Balaban J connectivity index is 1.74. The van der Waals surface area contributed by atoms with E-state index in [0.29, 0.717) is 10.9 Å². The summed E-state index contributed by atoms with van der Waals surface area (Å²) in [6.45, 7) is 2.02. The Hall–Kier alpha value is -2.57. The summed E-state index contributed by atoms with van der Waals surface area (Å²) >= 11 is 12.1. The third-order valence-electron chi connectivity index (χ3n) is 3.62. The highest BCUT2D eigenvalue weighted by atomic mass is 35.5. The predicted molar refractivity (Wildman–Crippen MR) is 98.7 cm³/mol. The quantitative estimate of drug-likeness (QED) is 0.701. The molecular weight excluding hydrogens is 377 g/mol. The van der Waals surface area contributed by atoms with Crippen LogP contribution in [-0.2, 0) is 6.54 Å². The van der Waals surface area contributed by atoms with E-state index >= 15 is 0 Å². The van der Waals surface area contributed by atoms with Gasteiger partial charge in [0.25, 0.3) is 5.91 Å². The molecule has 26 heavy (non-hydrogen) atoms. The van der Waals surface area contributed by atoms with Crippen molar-refractivity contribution in [1.29, 1.82) is 0 Å². The minimum Gasteiger partial charge on any atom is -0.494 e. The highest BCUT2D eigenvalue weighted by Crippen LogP contribution is 2.33. The van der Waals surface area contributed by atoms with Crippen LogP contribution in [0, 0.1) is 6.92 Å². The van der Waals surface area contributed by atoms with Crippen molar-refractivity contribution >= 4 is 29.1 Å². The van der Waals surface area contributed by atoms with E-state index in [1.165, 1.54) is 13.2 Å². The van der Waals surface area contributed by atoms with Crippen molar-refractivity contribution in [2.75, 3.05) is 7.11 Å². The summed E-state index contributed by atoms with van der Waals surface area (Å²) in [5.41, 5.74) is 2.05. The molecule has 6 nitrogen and oxygen atoms in total. The van der Waals surface area contributed by atoms with Crippen LogP contribution < -0.4 is 10.1 Å². The molecule has 2 aromatic carbocycles. The Kier molecular flexibility index (Phi) is 5.44. The van der Waals surface area contributed by atoms with E-state index in [0.717, 1.165) is 11.1 Å². The summed E-state index contributed by atoms with van der Waals surface area (Å²) in [4.78, 5) is 12.5. The van der Waals surface area contributed by atoms with Gasteiger partial charge < -0.3 is 14.5 Å². The van der Waals surface area contributed by atoms with Crippen LogP contribution in [0.15, 0.2) is 40.8 Å². The average Bonchev–Trinajstić information content (AvgIpc) is 3.10. The second-order valence-electron chi connectivity index (χ2n) is 5.49. The van der Waals surface area contributed by atoms with Crippen LogP contribution in [0.5, 0.6) is 5.75 Å². The zero-order valence-electron chi connectivity index (χ0n) is 14.0. The number of methoxy groups -OCH3 is 1. The van der Waals surface area contributed by atoms with Gasteiger partial charge in [-0.05, 0) is 31.2 Å². The maximum atomic E-state index is 12.5. The summed E-state index contributed by atoms with van der Waals surface area (Å²) in [5.74, 6) is 0.413. The van der Waals surface area contributed by atoms with Gasteiger partial charge in [0.15, 0.2) is 5.75 Å². The number of carbonyl (C=O) groups excluding carboxylic acids is 1. The molecule has 0 aliphatic rings. The molecule has 0 unspecified atom stereocenters. The topological polar surface area (TPSA) is 77.2 Å². The number of carbonyl (C=O) groups is 1. The zero-order chi connectivity index (χ0) is 18.7. The second-order valence-corrected chi connectivity index (χ2v) is 6.30. The lowest BCUT2D eigenvalue weighted by Gasteiger charge is -2.11. The van der Waals surface area contributed by atoms with Gasteiger partial charge in [-0.15, -0.1) is 10.2 Å². The van der Waals surface area contributed by atoms with Crippen molar-refractivity contribution in [1.82, 2.24) is 15.5 Å². The number of aryl methyl sites for hydroxylation is 1. The SMILES string of the molecule is COc1c(Cl)ccc(Cl)c1C(=O)NCc1nnc(-c2cccc(C)c2)o1. The third kappa shape index (κ3) is 3.81. The molecule has 134 valence electrons. The van der Waals surface area contributed by atoms with Crippen molar-refractivity contribution in [3.8, 4) is 17.2 Å². The number of halogens is 2. The average molecular weight is 392 g/mol. The second kappa shape index (κ2) is 7.76. The van der Waals surface area contributed by atoms with E-state index in [2.05, 4.69) is 15.5 Å². The standard InChI is InChI=1S/C18H15Cl2N3O3/c1-10-4-3-5-11(8-10)18-23-22-14(26-18)9-21-17(24)15-12(19)6-7-13(20)16(15)25-2/h3-8H,9H2,1-2H3,(H,21,24). The maximum Gasteiger partial charge on any atom is 0.257 e. The molecule has 0 atom stereocenters. The lowest BCUT2D eigenvalue weighted by Crippen LogP contribution is -2.24. The van der Waals surface area contributed by atoms with E-state index in [9.17, 15) is 4.79 Å². The molecule has 8 heteroatoms. The largest absolute Gasteiger partial charge is 0.494 e. The lowest BCUT2D eigenvalue weighted by molar-refractivity contribution is 0.0944. The number of nitrogens with one attached hydrogen (secondary N) is 1. The summed E-state index contributed by atoms with van der Waals surface area (Å²) in [6, 6.07) is 10.8. The Morgan fingerprint density at radius 2 is 1.96 bits per heavy atom. The van der Waals surface area contributed by atoms with Gasteiger partial charge in [0.2, 0.25) is 11.8 Å². The first-order chi connectivity index (χ1) is 12.5. The zero-order valence-corrected chi connectivity index (χ0v) is 15.6. The minimum atomic E-state index is -0.454. The van der Waals surface area contributed by atoms with Crippen molar-refractivity contribution in [3.05, 3.63) is 63.5 Å². The molecule has 0 aliphatic heterocycles. The molecule has 0 saturated heterocycles. The third-order valence-corrected chi connectivity index (χ3v) is 4.23. The molecule has 1 amide bonds. The number of rotatable bonds is 5. The van der Waals surface area contributed by atoms with Crippen molar-refractivity contribution in [3.63, 3.8) is 0 Å². The molecule has 0 fully saturated rings. The number of aromatic nitrogens is 2. The first kappa shape index (κ1) is 18.2. The van der Waals surface area contributed by atoms with E-state index in [-0.39, 0.29) is 28.8 Å². The number of benzene rings is 2. The molecule has 1 heterocycles. The number of hydrogen-bond donors (Lipinski definition) is 1. The Bertz CT molecular complexity index is 957. The minimum absolute atomic E-state index is 0.0453. The van der Waals surface area contributed by atoms with Crippen LogP contribution in [0.3, 0.4) is 0 Å². The predicted octanol–water partition coefficient (Wildman–Crippen LogP) is 4.29. The van der Waals surface area contributed by atoms with Gasteiger partial charge in [-0.1, -0.05) is 40.9 Å². The van der Waals surface area contributed by atoms with E-state index < -0.39 is 5.91 Å². The molecule has 1 aromatic heterocycles. The lowest BCUT2D eigenvalue weighted by atomic mass is 10.1. The summed E-state index contributed by atoms with van der Waals surface area (Å²) in [6.07, 6.45) is 0. The van der Waals surface area contributed by atoms with Gasteiger partial charge in [0, 0.05) is 5.56 Å². The molecule has 3 aromatic rings. The van der Waals surface area contributed by atoms with Crippen molar-refractivity contribution in [2.45, 2.75) is 13.5 Å². The van der Waals surface area contributed by atoms with Crippen LogP contribution in [0.4, 0.5) is 0 Å². The van der Waals surface area contributed by atoms with Crippen LogP contribution in [0.2, 0.25) is 10.0 Å². The van der Waals surface area contributed by atoms with Gasteiger partial charge in [0.05, 0.1) is 23.7 Å². The van der Waals surface area contributed by atoms with Crippen LogP contribution in [-0.4, -0.2) is 23.2 Å². The summed E-state index contributed by atoms with van der Waals surface area (Å²) in [7, 11) is 1.42. The van der Waals surface area contributed by atoms with E-state index in [1.54, 1.807) is 6.07 Å². The highest BCUT2D eigenvalue weighted by molar-refractivity contribution is 6.37. The van der Waals surface area contributed by atoms with E-state index in [1.807, 2.05) is 31.2 Å². The Labute approximate surface area is 160 Å². The van der Waals surface area contributed by atoms with Crippen LogP contribution in [0.25, 0.3) is 11.5 Å². The van der Waals surface area contributed by atoms with Gasteiger partial charge >= 0.3 is 0 Å². The number of amides is 1. The monoisotopic (exact) mass is 391 g/mol. The van der Waals surface area contributed by atoms with Crippen LogP contribution in [0.1, 0.15) is 21.8 Å². The summed E-state index contributed by atoms with van der Waals surface area (Å²) in [5, 5.41) is 11.2. The molecule has 1 N–H and O–H groups in total. The fraction of sp³-hybridized carbons (Fsp3) is 0.167. The maximum absolute atomic E-state index is 12.5. The van der Waals surface area contributed by atoms with Gasteiger partial charge in [0.1, 0.15) is 5.56 Å². The molecule has 0 spiro atoms. The Morgan fingerprint density at radius 3 is 2.69 bits per heavy atom. The van der Waals surface area contributed by atoms with E-state index in [4.69, 9.17) is 32.4 Å². The molecule has 0 saturated carbocycles. The van der Waals surface area contributed by atoms with Gasteiger partial charge in [-0.3, -0.25) is 4.79 Å². The van der Waals surface area contributed by atoms with Gasteiger partial charge in [-0.2, -0.15) is 0 Å². The number of hydrogen-bond acceptors (Lipinski definition) is 5. The Morgan fingerprint density at radius 1 is 1.19 bits per heavy atom. The molecule has 0 aliphatic carbocycles. The van der Waals surface area contributed by atoms with Crippen molar-refractivity contribution in [2.24, 2.45) is 0 Å². The van der Waals surface area contributed by atoms with Crippen molar-refractivity contribution < 1.29 is 13.9 Å². The fourth-order valence-electron chi connectivity index (χ4n) is 2.41. The number of nitrogens with zero attached hydrogens (tertiary/aromatic N) is 2. The molecule has 3 rings (SSSR count). The molecule has 0 radical (unpaired) electrons.